The number of aromatic nitrogens is 2. The van der Waals surface area contributed by atoms with E-state index in [2.05, 4.69) is 34.6 Å². The van der Waals surface area contributed by atoms with E-state index >= 15 is 0 Å². The van der Waals surface area contributed by atoms with Crippen molar-refractivity contribution in [1.82, 2.24) is 14.9 Å². The zero-order valence-electron chi connectivity index (χ0n) is 10.5. The Labute approximate surface area is 117 Å². The molecule has 0 amide bonds. The maximum Gasteiger partial charge on any atom is 0.128 e. The van der Waals surface area contributed by atoms with Gasteiger partial charge in [-0.1, -0.05) is 23.7 Å². The van der Waals surface area contributed by atoms with Gasteiger partial charge in [0, 0.05) is 18.5 Å². The molecule has 0 bridgehead atoms. The molecule has 0 radical (unpaired) electrons. The van der Waals surface area contributed by atoms with E-state index in [0.717, 1.165) is 18.1 Å². The molecule has 3 nitrogen and oxygen atoms in total. The second kappa shape index (κ2) is 6.27. The van der Waals surface area contributed by atoms with Crippen LogP contribution >= 0.6 is 23.4 Å². The van der Waals surface area contributed by atoms with Crippen molar-refractivity contribution >= 4 is 23.4 Å². The van der Waals surface area contributed by atoms with Crippen LogP contribution in [-0.4, -0.2) is 16.6 Å². The van der Waals surface area contributed by atoms with E-state index < -0.39 is 0 Å². The van der Waals surface area contributed by atoms with Gasteiger partial charge in [-0.15, -0.1) is 11.8 Å². The lowest BCUT2D eigenvalue weighted by Crippen LogP contribution is -2.04. The van der Waals surface area contributed by atoms with E-state index in [1.165, 1.54) is 10.5 Å². The molecule has 1 heterocycles. The average Bonchev–Trinajstić information content (AvgIpc) is 2.70. The van der Waals surface area contributed by atoms with Gasteiger partial charge in [-0.25, -0.2) is 4.98 Å². The summed E-state index contributed by atoms with van der Waals surface area (Å²) >= 11 is 7.72. The third-order valence-electron chi connectivity index (χ3n) is 2.70. The lowest BCUT2D eigenvalue weighted by Gasteiger charge is -2.04. The lowest BCUT2D eigenvalue weighted by atomic mass is 10.2. The SMILES string of the molecule is CNCc1ccc(SCc2ncc(Cl)n2C)cc1. The summed E-state index contributed by atoms with van der Waals surface area (Å²) in [5.41, 5.74) is 1.29. The number of halogens is 1. The van der Waals surface area contributed by atoms with Crippen LogP contribution in [0.15, 0.2) is 35.4 Å². The zero-order chi connectivity index (χ0) is 13.0. The normalized spacial score (nSPS) is 10.8. The molecule has 1 aromatic heterocycles. The summed E-state index contributed by atoms with van der Waals surface area (Å²) in [6, 6.07) is 8.57. The van der Waals surface area contributed by atoms with Crippen LogP contribution in [0.3, 0.4) is 0 Å². The first kappa shape index (κ1) is 13.5. The van der Waals surface area contributed by atoms with Gasteiger partial charge < -0.3 is 9.88 Å². The number of hydrogen-bond acceptors (Lipinski definition) is 3. The van der Waals surface area contributed by atoms with E-state index in [4.69, 9.17) is 11.6 Å². The van der Waals surface area contributed by atoms with E-state index in [-0.39, 0.29) is 0 Å². The Hall–Kier alpha value is -0.970. The molecular formula is C13H16ClN3S. The van der Waals surface area contributed by atoms with Crippen molar-refractivity contribution in [3.8, 4) is 0 Å². The fourth-order valence-electron chi connectivity index (χ4n) is 1.61. The summed E-state index contributed by atoms with van der Waals surface area (Å²) in [6.07, 6.45) is 1.69. The van der Waals surface area contributed by atoms with Crippen molar-refractivity contribution in [2.24, 2.45) is 7.05 Å². The fraction of sp³-hybridized carbons (Fsp3) is 0.308. The molecule has 2 rings (SSSR count). The van der Waals surface area contributed by atoms with Crippen molar-refractivity contribution in [3.05, 3.63) is 47.0 Å². The Balaban J connectivity index is 1.96. The maximum absolute atomic E-state index is 5.95. The van der Waals surface area contributed by atoms with Gasteiger partial charge in [0.2, 0.25) is 0 Å². The minimum atomic E-state index is 0.676. The molecule has 0 aliphatic heterocycles. The molecule has 0 aliphatic rings. The molecule has 1 aromatic carbocycles. The van der Waals surface area contributed by atoms with E-state index in [1.54, 1.807) is 18.0 Å². The molecule has 2 aromatic rings. The summed E-state index contributed by atoms with van der Waals surface area (Å²) in [4.78, 5) is 5.52. The standard InChI is InChI=1S/C13H16ClN3S/c1-15-7-10-3-5-11(6-4-10)18-9-13-16-8-12(14)17(13)2/h3-6,8,15H,7,9H2,1-2H3. The number of benzene rings is 1. The van der Waals surface area contributed by atoms with Gasteiger partial charge in [0.1, 0.15) is 11.0 Å². The van der Waals surface area contributed by atoms with Gasteiger partial charge in [-0.05, 0) is 24.7 Å². The van der Waals surface area contributed by atoms with Crippen molar-refractivity contribution in [2.45, 2.75) is 17.2 Å². The van der Waals surface area contributed by atoms with Gasteiger partial charge in [0.25, 0.3) is 0 Å². The van der Waals surface area contributed by atoms with Gasteiger partial charge in [0.05, 0.1) is 11.9 Å². The summed E-state index contributed by atoms with van der Waals surface area (Å²) in [6.45, 7) is 0.903. The van der Waals surface area contributed by atoms with Crippen LogP contribution in [0.2, 0.25) is 5.15 Å². The minimum absolute atomic E-state index is 0.676. The smallest absolute Gasteiger partial charge is 0.128 e. The molecule has 0 saturated carbocycles. The Morgan fingerprint density at radius 2 is 2.06 bits per heavy atom. The Kier molecular flexibility index (Phi) is 4.69. The number of rotatable bonds is 5. The molecule has 0 aliphatic carbocycles. The predicted molar refractivity (Wildman–Crippen MR) is 77.0 cm³/mol. The highest BCUT2D eigenvalue weighted by Gasteiger charge is 2.04. The van der Waals surface area contributed by atoms with E-state index in [9.17, 15) is 0 Å². The van der Waals surface area contributed by atoms with Gasteiger partial charge in [-0.2, -0.15) is 0 Å². The van der Waals surface area contributed by atoms with Gasteiger partial charge >= 0.3 is 0 Å². The summed E-state index contributed by atoms with van der Waals surface area (Å²) in [5.74, 6) is 1.82. The Bertz CT molecular complexity index is 507. The van der Waals surface area contributed by atoms with Crippen LogP contribution in [0.1, 0.15) is 11.4 Å². The molecule has 5 heteroatoms. The first-order chi connectivity index (χ1) is 8.70. The van der Waals surface area contributed by atoms with E-state index in [1.807, 2.05) is 18.7 Å². The summed E-state index contributed by atoms with van der Waals surface area (Å²) < 4.78 is 1.91. The van der Waals surface area contributed by atoms with Crippen LogP contribution in [0, 0.1) is 0 Å². The summed E-state index contributed by atoms with van der Waals surface area (Å²) in [5, 5.41) is 3.81. The van der Waals surface area contributed by atoms with Crippen LogP contribution in [-0.2, 0) is 19.3 Å². The van der Waals surface area contributed by atoms with Crippen molar-refractivity contribution in [2.75, 3.05) is 7.05 Å². The first-order valence-electron chi connectivity index (χ1n) is 5.73. The fourth-order valence-corrected chi connectivity index (χ4v) is 2.65. The quantitative estimate of drug-likeness (QED) is 0.854. The number of imidazole rings is 1. The second-order valence-corrected chi connectivity index (χ2v) is 5.46. The predicted octanol–water partition coefficient (Wildman–Crippen LogP) is 3.09. The lowest BCUT2D eigenvalue weighted by molar-refractivity contribution is 0.817. The molecule has 0 atom stereocenters. The van der Waals surface area contributed by atoms with Crippen LogP contribution in [0.4, 0.5) is 0 Å². The Morgan fingerprint density at radius 3 is 2.61 bits per heavy atom. The zero-order valence-corrected chi connectivity index (χ0v) is 12.1. The van der Waals surface area contributed by atoms with E-state index in [0.29, 0.717) is 5.15 Å². The highest BCUT2D eigenvalue weighted by atomic mass is 35.5. The third kappa shape index (κ3) is 3.28. The largest absolute Gasteiger partial charge is 0.322 e. The minimum Gasteiger partial charge on any atom is -0.322 e. The van der Waals surface area contributed by atoms with Gasteiger partial charge in [0.15, 0.2) is 0 Å². The average molecular weight is 282 g/mol. The maximum atomic E-state index is 5.95. The molecule has 0 spiro atoms. The third-order valence-corrected chi connectivity index (χ3v) is 4.06. The topological polar surface area (TPSA) is 29.9 Å². The monoisotopic (exact) mass is 281 g/mol. The van der Waals surface area contributed by atoms with Gasteiger partial charge in [-0.3, -0.25) is 0 Å². The highest BCUT2D eigenvalue weighted by Crippen LogP contribution is 2.23. The number of hydrogen-bond donors (Lipinski definition) is 1. The number of nitrogens with one attached hydrogen (secondary N) is 1. The Morgan fingerprint density at radius 1 is 1.33 bits per heavy atom. The molecule has 96 valence electrons. The molecule has 18 heavy (non-hydrogen) atoms. The van der Waals surface area contributed by atoms with Crippen molar-refractivity contribution in [3.63, 3.8) is 0 Å². The van der Waals surface area contributed by atoms with Crippen LogP contribution < -0.4 is 5.32 Å². The number of thioether (sulfide) groups is 1. The van der Waals surface area contributed by atoms with Crippen molar-refractivity contribution < 1.29 is 0 Å². The highest BCUT2D eigenvalue weighted by molar-refractivity contribution is 7.98. The molecule has 0 unspecified atom stereocenters. The molecule has 0 fully saturated rings. The number of nitrogens with zero attached hydrogens (tertiary/aromatic N) is 2. The molecule has 0 saturated heterocycles. The molecule has 1 N–H and O–H groups in total. The van der Waals surface area contributed by atoms with Crippen LogP contribution in [0.25, 0.3) is 0 Å². The summed E-state index contributed by atoms with van der Waals surface area (Å²) in [7, 11) is 3.88. The van der Waals surface area contributed by atoms with Crippen LogP contribution in [0.5, 0.6) is 0 Å². The second-order valence-electron chi connectivity index (χ2n) is 4.02. The van der Waals surface area contributed by atoms with Crippen molar-refractivity contribution in [1.29, 1.82) is 0 Å². The molecular weight excluding hydrogens is 266 g/mol. The first-order valence-corrected chi connectivity index (χ1v) is 7.09.